The monoisotopic (exact) mass is 359 g/mol. The van der Waals surface area contributed by atoms with E-state index in [4.69, 9.17) is 0 Å². The number of rotatable bonds is 4. The van der Waals surface area contributed by atoms with Crippen LogP contribution in [0.25, 0.3) is 16.7 Å². The van der Waals surface area contributed by atoms with Gasteiger partial charge in [0, 0.05) is 5.69 Å². The first-order chi connectivity index (χ1) is 13.1. The van der Waals surface area contributed by atoms with Crippen LogP contribution in [0.3, 0.4) is 0 Å². The molecule has 2 aromatic carbocycles. The van der Waals surface area contributed by atoms with Crippen LogP contribution in [0.1, 0.15) is 18.2 Å². The number of imidazole rings is 1. The molecule has 2 N–H and O–H groups in total. The van der Waals surface area contributed by atoms with E-state index in [9.17, 15) is 4.79 Å². The number of aryl methyl sites for hydroxylation is 1. The number of benzene rings is 2. The Morgan fingerprint density at radius 3 is 2.67 bits per heavy atom. The topological polar surface area (TPSA) is 101 Å². The number of hydrogen-bond donors (Lipinski definition) is 2. The standard InChI is InChI=1S/C19H17N7O/c1-12(22-24-19-21-18(27)13(2)23-25-19)14-7-9-15(10-8-14)26-11-20-16-5-3-4-6-17(16)26/h3-11H,1-2H3,(H2,21,24,25,27)/b22-12-. The molecule has 0 aliphatic heterocycles. The smallest absolute Gasteiger partial charge is 0.274 e. The molecule has 0 aliphatic carbocycles. The van der Waals surface area contributed by atoms with E-state index >= 15 is 0 Å². The first-order valence-corrected chi connectivity index (χ1v) is 8.38. The van der Waals surface area contributed by atoms with Crippen molar-refractivity contribution < 1.29 is 0 Å². The summed E-state index contributed by atoms with van der Waals surface area (Å²) in [4.78, 5) is 18.5. The third-order valence-electron chi connectivity index (χ3n) is 4.21. The molecule has 2 heterocycles. The summed E-state index contributed by atoms with van der Waals surface area (Å²) in [6.07, 6.45) is 1.81. The predicted octanol–water partition coefficient (Wildman–Crippen LogP) is 2.65. The quantitative estimate of drug-likeness (QED) is 0.431. The van der Waals surface area contributed by atoms with Gasteiger partial charge in [0.15, 0.2) is 0 Å². The second-order valence-electron chi connectivity index (χ2n) is 6.05. The van der Waals surface area contributed by atoms with Crippen LogP contribution < -0.4 is 11.0 Å². The van der Waals surface area contributed by atoms with Crippen molar-refractivity contribution in [3.63, 3.8) is 0 Å². The highest BCUT2D eigenvalue weighted by molar-refractivity contribution is 5.99. The van der Waals surface area contributed by atoms with Gasteiger partial charge < -0.3 is 0 Å². The van der Waals surface area contributed by atoms with Gasteiger partial charge in [-0.1, -0.05) is 24.3 Å². The number of aromatic amines is 1. The predicted molar refractivity (Wildman–Crippen MR) is 104 cm³/mol. The molecule has 27 heavy (non-hydrogen) atoms. The van der Waals surface area contributed by atoms with E-state index in [0.717, 1.165) is 28.0 Å². The van der Waals surface area contributed by atoms with Crippen LogP contribution in [0.5, 0.6) is 0 Å². The van der Waals surface area contributed by atoms with Gasteiger partial charge in [-0.2, -0.15) is 5.10 Å². The summed E-state index contributed by atoms with van der Waals surface area (Å²) in [5.41, 5.74) is 7.45. The Morgan fingerprint density at radius 2 is 1.89 bits per heavy atom. The van der Waals surface area contributed by atoms with Gasteiger partial charge in [-0.25, -0.2) is 10.4 Å². The van der Waals surface area contributed by atoms with Crippen molar-refractivity contribution in [1.82, 2.24) is 24.7 Å². The van der Waals surface area contributed by atoms with Gasteiger partial charge in [-0.05, 0) is 43.7 Å². The van der Waals surface area contributed by atoms with Crippen molar-refractivity contribution in [3.05, 3.63) is 76.5 Å². The normalized spacial score (nSPS) is 11.7. The molecular formula is C19H17N7O. The van der Waals surface area contributed by atoms with Gasteiger partial charge in [0.2, 0.25) is 5.95 Å². The molecule has 8 heteroatoms. The van der Waals surface area contributed by atoms with Crippen molar-refractivity contribution in [2.24, 2.45) is 5.10 Å². The number of hydrogen-bond acceptors (Lipinski definition) is 6. The lowest BCUT2D eigenvalue weighted by molar-refractivity contribution is 0.897. The van der Waals surface area contributed by atoms with E-state index in [0.29, 0.717) is 5.69 Å². The van der Waals surface area contributed by atoms with E-state index in [1.54, 1.807) is 6.92 Å². The maximum absolute atomic E-state index is 11.5. The lowest BCUT2D eigenvalue weighted by Gasteiger charge is -2.07. The van der Waals surface area contributed by atoms with E-state index in [1.807, 2.05) is 66.3 Å². The molecule has 8 nitrogen and oxygen atoms in total. The zero-order valence-electron chi connectivity index (χ0n) is 14.8. The molecule has 0 radical (unpaired) electrons. The first-order valence-electron chi connectivity index (χ1n) is 8.38. The van der Waals surface area contributed by atoms with Crippen LogP contribution in [0.4, 0.5) is 5.95 Å². The largest absolute Gasteiger partial charge is 0.299 e. The summed E-state index contributed by atoms with van der Waals surface area (Å²) in [7, 11) is 0. The Hall–Kier alpha value is -3.81. The molecule has 0 atom stereocenters. The highest BCUT2D eigenvalue weighted by atomic mass is 16.1. The molecule has 0 spiro atoms. The Bertz CT molecular complexity index is 1190. The van der Waals surface area contributed by atoms with Gasteiger partial charge in [-0.15, -0.1) is 10.2 Å². The SMILES string of the molecule is C/C(=N/Nc1nnc(C)c(=O)[nH]1)c1ccc(-n2cnc3ccccc32)cc1. The van der Waals surface area contributed by atoms with E-state index in [-0.39, 0.29) is 11.5 Å². The van der Waals surface area contributed by atoms with E-state index < -0.39 is 0 Å². The van der Waals surface area contributed by atoms with Gasteiger partial charge in [0.05, 0.1) is 16.7 Å². The Labute approximate surface area is 154 Å². The maximum atomic E-state index is 11.5. The lowest BCUT2D eigenvalue weighted by atomic mass is 10.1. The molecule has 0 bridgehead atoms. The second-order valence-corrected chi connectivity index (χ2v) is 6.05. The number of fused-ring (bicyclic) bond motifs is 1. The maximum Gasteiger partial charge on any atom is 0.274 e. The van der Waals surface area contributed by atoms with E-state index in [2.05, 4.69) is 30.7 Å². The number of nitrogens with one attached hydrogen (secondary N) is 2. The fraction of sp³-hybridized carbons (Fsp3) is 0.105. The number of hydrazone groups is 1. The Balaban J connectivity index is 1.56. The van der Waals surface area contributed by atoms with Crippen LogP contribution in [-0.2, 0) is 0 Å². The summed E-state index contributed by atoms with van der Waals surface area (Å²) in [6.45, 7) is 3.46. The fourth-order valence-corrected chi connectivity index (χ4v) is 2.67. The highest BCUT2D eigenvalue weighted by Crippen LogP contribution is 2.18. The van der Waals surface area contributed by atoms with Crippen LogP contribution in [0.15, 0.2) is 64.8 Å². The molecule has 0 unspecified atom stereocenters. The number of para-hydroxylation sites is 2. The molecule has 0 amide bonds. The third-order valence-corrected chi connectivity index (χ3v) is 4.21. The van der Waals surface area contributed by atoms with Gasteiger partial charge in [0.1, 0.15) is 12.0 Å². The van der Waals surface area contributed by atoms with Crippen molar-refractivity contribution in [2.45, 2.75) is 13.8 Å². The fourth-order valence-electron chi connectivity index (χ4n) is 2.67. The zero-order chi connectivity index (χ0) is 18.8. The Kier molecular flexibility index (Phi) is 4.21. The number of anilines is 1. The van der Waals surface area contributed by atoms with Crippen LogP contribution in [-0.4, -0.2) is 30.4 Å². The molecule has 0 saturated heterocycles. The summed E-state index contributed by atoms with van der Waals surface area (Å²) < 4.78 is 2.04. The van der Waals surface area contributed by atoms with Gasteiger partial charge in [-0.3, -0.25) is 14.3 Å². The van der Waals surface area contributed by atoms with Crippen LogP contribution in [0, 0.1) is 6.92 Å². The highest BCUT2D eigenvalue weighted by Gasteiger charge is 2.05. The molecule has 4 rings (SSSR count). The molecular weight excluding hydrogens is 342 g/mol. The number of aromatic nitrogens is 5. The molecule has 0 fully saturated rings. The lowest BCUT2D eigenvalue weighted by Crippen LogP contribution is -2.16. The number of H-pyrrole nitrogens is 1. The Morgan fingerprint density at radius 1 is 1.11 bits per heavy atom. The van der Waals surface area contributed by atoms with Crippen LogP contribution >= 0.6 is 0 Å². The third kappa shape index (κ3) is 3.32. The van der Waals surface area contributed by atoms with Gasteiger partial charge in [0.25, 0.3) is 5.56 Å². The summed E-state index contributed by atoms with van der Waals surface area (Å²) in [6, 6.07) is 16.0. The molecule has 4 aromatic rings. The van der Waals surface area contributed by atoms with Crippen LogP contribution in [0.2, 0.25) is 0 Å². The minimum Gasteiger partial charge on any atom is -0.299 e. The summed E-state index contributed by atoms with van der Waals surface area (Å²) in [5, 5.41) is 11.9. The van der Waals surface area contributed by atoms with Crippen molar-refractivity contribution in [2.75, 3.05) is 5.43 Å². The van der Waals surface area contributed by atoms with Crippen molar-refractivity contribution in [3.8, 4) is 5.69 Å². The van der Waals surface area contributed by atoms with Crippen molar-refractivity contribution >= 4 is 22.7 Å². The minimum atomic E-state index is -0.294. The summed E-state index contributed by atoms with van der Waals surface area (Å²) >= 11 is 0. The molecule has 2 aromatic heterocycles. The van der Waals surface area contributed by atoms with Crippen molar-refractivity contribution in [1.29, 1.82) is 0 Å². The minimum absolute atomic E-state index is 0.200. The molecule has 134 valence electrons. The average Bonchev–Trinajstić information content (AvgIpc) is 3.13. The summed E-state index contributed by atoms with van der Waals surface area (Å²) in [5.74, 6) is 0.200. The zero-order valence-corrected chi connectivity index (χ0v) is 14.8. The molecule has 0 aliphatic rings. The molecule has 0 saturated carbocycles. The van der Waals surface area contributed by atoms with E-state index in [1.165, 1.54) is 0 Å². The van der Waals surface area contributed by atoms with Gasteiger partial charge >= 0.3 is 0 Å². The number of nitrogens with zero attached hydrogens (tertiary/aromatic N) is 5. The second kappa shape index (κ2) is 6.83. The average molecular weight is 359 g/mol. The first kappa shape index (κ1) is 16.6.